The van der Waals surface area contributed by atoms with Crippen LogP contribution in [0.25, 0.3) is 0 Å². The van der Waals surface area contributed by atoms with Crippen molar-refractivity contribution in [2.75, 3.05) is 13.6 Å². The van der Waals surface area contributed by atoms with Crippen LogP contribution in [0, 0.1) is 0 Å². The third-order valence-electron chi connectivity index (χ3n) is 3.79. The second-order valence-corrected chi connectivity index (χ2v) is 6.77. The summed E-state index contributed by atoms with van der Waals surface area (Å²) in [5.74, 6) is 1.11. The molecule has 114 valence electrons. The van der Waals surface area contributed by atoms with E-state index in [1.54, 1.807) is 0 Å². The van der Waals surface area contributed by atoms with Gasteiger partial charge in [0.15, 0.2) is 0 Å². The van der Waals surface area contributed by atoms with Crippen molar-refractivity contribution in [2.45, 2.75) is 32.4 Å². The highest BCUT2D eigenvalue weighted by Gasteiger charge is 2.27. The van der Waals surface area contributed by atoms with E-state index >= 15 is 0 Å². The molecule has 1 aromatic heterocycles. The van der Waals surface area contributed by atoms with E-state index in [0.29, 0.717) is 6.04 Å². The Hall–Kier alpha value is -0.840. The van der Waals surface area contributed by atoms with Crippen LogP contribution >= 0.6 is 27.5 Å². The van der Waals surface area contributed by atoms with Crippen molar-refractivity contribution < 1.29 is 0 Å². The fourth-order valence-corrected chi connectivity index (χ4v) is 3.09. The summed E-state index contributed by atoms with van der Waals surface area (Å²) in [6.45, 7) is 7.63. The van der Waals surface area contributed by atoms with Crippen LogP contribution in [0.3, 0.4) is 0 Å². The summed E-state index contributed by atoms with van der Waals surface area (Å²) in [5.41, 5.74) is 1.11. The minimum absolute atomic E-state index is 0.396. The van der Waals surface area contributed by atoms with Gasteiger partial charge in [-0.15, -0.1) is 0 Å². The summed E-state index contributed by atoms with van der Waals surface area (Å²) in [7, 11) is 2.16. The number of likely N-dealkylation sites (tertiary alicyclic amines) is 1. The molecule has 0 aliphatic carbocycles. The van der Waals surface area contributed by atoms with Crippen molar-refractivity contribution >= 4 is 27.5 Å². The summed E-state index contributed by atoms with van der Waals surface area (Å²) in [5, 5.41) is 0.759. The summed E-state index contributed by atoms with van der Waals surface area (Å²) >= 11 is 9.49. The molecule has 21 heavy (non-hydrogen) atoms. The van der Waals surface area contributed by atoms with Gasteiger partial charge in [0, 0.05) is 11.6 Å². The maximum Gasteiger partial charge on any atom is 0.127 e. The molecule has 1 saturated heterocycles. The maximum absolute atomic E-state index is 5.89. The average molecular weight is 371 g/mol. The average Bonchev–Trinajstić information content (AvgIpc) is 3.01. The molecule has 0 amide bonds. The highest BCUT2D eigenvalue weighted by atomic mass is 79.9. The number of imidazole rings is 1. The quantitative estimate of drug-likeness (QED) is 0.702. The van der Waals surface area contributed by atoms with E-state index in [9.17, 15) is 0 Å². The van der Waals surface area contributed by atoms with Crippen LogP contribution in [-0.2, 0) is 6.54 Å². The largest absolute Gasteiger partial charge is 0.317 e. The highest BCUT2D eigenvalue weighted by Crippen LogP contribution is 2.31. The van der Waals surface area contributed by atoms with Gasteiger partial charge in [0.05, 0.1) is 12.2 Å². The number of allylic oxidation sites excluding steroid dienone is 5. The van der Waals surface area contributed by atoms with E-state index in [-0.39, 0.29) is 0 Å². The second kappa shape index (κ2) is 7.43. The van der Waals surface area contributed by atoms with Crippen LogP contribution in [0.2, 0.25) is 0 Å². The van der Waals surface area contributed by atoms with Crippen LogP contribution in [-0.4, -0.2) is 28.0 Å². The Morgan fingerprint density at radius 3 is 2.90 bits per heavy atom. The number of halogens is 2. The normalized spacial score (nSPS) is 21.0. The zero-order valence-corrected chi connectivity index (χ0v) is 14.9. The van der Waals surface area contributed by atoms with E-state index in [4.69, 9.17) is 11.6 Å². The minimum atomic E-state index is 0.396. The van der Waals surface area contributed by atoms with Crippen molar-refractivity contribution in [2.24, 2.45) is 0 Å². The van der Waals surface area contributed by atoms with Crippen molar-refractivity contribution in [3.05, 3.63) is 52.0 Å². The van der Waals surface area contributed by atoms with Crippen LogP contribution in [0.5, 0.6) is 0 Å². The van der Waals surface area contributed by atoms with Crippen molar-refractivity contribution in [1.82, 2.24) is 14.5 Å². The predicted molar refractivity (Wildman–Crippen MR) is 92.4 cm³/mol. The highest BCUT2D eigenvalue weighted by molar-refractivity contribution is 9.10. The predicted octanol–water partition coefficient (Wildman–Crippen LogP) is 4.67. The molecule has 0 N–H and O–H groups in total. The topological polar surface area (TPSA) is 21.1 Å². The SMILES string of the molecule is C=C/C(=C\C=C(/C)Cl)Cn1c(Br)cnc1C1CCCN1C. The molecule has 1 aliphatic heterocycles. The van der Waals surface area contributed by atoms with Crippen LogP contribution in [0.4, 0.5) is 0 Å². The third-order valence-corrected chi connectivity index (χ3v) is 4.55. The smallest absolute Gasteiger partial charge is 0.127 e. The zero-order chi connectivity index (χ0) is 15.4. The molecule has 0 bridgehead atoms. The molecule has 1 unspecified atom stereocenters. The molecule has 1 fully saturated rings. The zero-order valence-electron chi connectivity index (χ0n) is 12.5. The monoisotopic (exact) mass is 369 g/mol. The number of rotatable bonds is 5. The first-order valence-electron chi connectivity index (χ1n) is 7.09. The Balaban J connectivity index is 2.27. The van der Waals surface area contributed by atoms with E-state index in [0.717, 1.165) is 40.5 Å². The van der Waals surface area contributed by atoms with Crippen LogP contribution in [0.1, 0.15) is 31.6 Å². The van der Waals surface area contributed by atoms with E-state index in [1.165, 1.54) is 6.42 Å². The first kappa shape index (κ1) is 16.5. The standard InChI is InChI=1S/C16H21BrClN3/c1-4-13(8-7-12(2)18)11-21-15(17)10-19-16(21)14-6-5-9-20(14)3/h4,7-8,10,14H,1,5-6,9,11H2,2-3H3/b12-7+,13-8+. The fourth-order valence-electron chi connectivity index (χ4n) is 2.62. The lowest BCUT2D eigenvalue weighted by Crippen LogP contribution is -2.21. The second-order valence-electron chi connectivity index (χ2n) is 5.36. The van der Waals surface area contributed by atoms with Gasteiger partial charge in [-0.1, -0.05) is 30.3 Å². The van der Waals surface area contributed by atoms with Gasteiger partial charge in [-0.2, -0.15) is 0 Å². The maximum atomic E-state index is 5.89. The Bertz CT molecular complexity index is 570. The minimum Gasteiger partial charge on any atom is -0.317 e. The summed E-state index contributed by atoms with van der Waals surface area (Å²) in [6, 6.07) is 0.396. The Kier molecular flexibility index (Phi) is 5.85. The Morgan fingerprint density at radius 1 is 1.57 bits per heavy atom. The Morgan fingerprint density at radius 2 is 2.33 bits per heavy atom. The van der Waals surface area contributed by atoms with Gasteiger partial charge in [-0.05, 0) is 60.9 Å². The van der Waals surface area contributed by atoms with Gasteiger partial charge >= 0.3 is 0 Å². The van der Waals surface area contributed by atoms with Gasteiger partial charge in [0.25, 0.3) is 0 Å². The molecule has 2 rings (SSSR count). The van der Waals surface area contributed by atoms with Gasteiger partial charge < -0.3 is 4.57 Å². The first-order chi connectivity index (χ1) is 10.0. The number of hydrogen-bond donors (Lipinski definition) is 0. The van der Waals surface area contributed by atoms with Crippen molar-refractivity contribution in [3.63, 3.8) is 0 Å². The first-order valence-corrected chi connectivity index (χ1v) is 8.26. The van der Waals surface area contributed by atoms with Gasteiger partial charge in [-0.25, -0.2) is 4.98 Å². The molecule has 0 radical (unpaired) electrons. The molecule has 1 atom stereocenters. The van der Waals surface area contributed by atoms with E-state index in [2.05, 4.69) is 44.0 Å². The van der Waals surface area contributed by atoms with Gasteiger partial charge in [0.2, 0.25) is 0 Å². The van der Waals surface area contributed by atoms with Gasteiger partial charge in [-0.3, -0.25) is 4.90 Å². The third kappa shape index (κ3) is 4.09. The van der Waals surface area contributed by atoms with Crippen molar-refractivity contribution in [3.8, 4) is 0 Å². The lowest BCUT2D eigenvalue weighted by Gasteiger charge is -2.21. The summed E-state index contributed by atoms with van der Waals surface area (Å²) < 4.78 is 3.20. The van der Waals surface area contributed by atoms with E-state index in [1.807, 2.05) is 31.3 Å². The van der Waals surface area contributed by atoms with Crippen LogP contribution in [0.15, 0.2) is 46.2 Å². The van der Waals surface area contributed by atoms with Crippen molar-refractivity contribution in [1.29, 1.82) is 0 Å². The Labute approximate surface area is 140 Å². The molecule has 2 heterocycles. The molecular formula is C16H21BrClN3. The summed E-state index contributed by atoms with van der Waals surface area (Å²) in [4.78, 5) is 6.97. The van der Waals surface area contributed by atoms with Gasteiger partial charge in [0.1, 0.15) is 10.4 Å². The molecule has 5 heteroatoms. The van der Waals surface area contributed by atoms with E-state index < -0.39 is 0 Å². The lowest BCUT2D eigenvalue weighted by molar-refractivity contribution is 0.299. The number of hydrogen-bond acceptors (Lipinski definition) is 2. The number of nitrogens with zero attached hydrogens (tertiary/aromatic N) is 3. The van der Waals surface area contributed by atoms with Crippen LogP contribution < -0.4 is 0 Å². The molecule has 0 spiro atoms. The lowest BCUT2D eigenvalue weighted by atomic mass is 10.2. The molecule has 0 saturated carbocycles. The molecule has 0 aromatic carbocycles. The molecule has 3 nitrogen and oxygen atoms in total. The number of aromatic nitrogens is 2. The fraction of sp³-hybridized carbons (Fsp3) is 0.438. The molecular weight excluding hydrogens is 350 g/mol. The molecule has 1 aromatic rings. The molecule has 1 aliphatic rings. The summed E-state index contributed by atoms with van der Waals surface area (Å²) in [6.07, 6.45) is 10.0.